The van der Waals surface area contributed by atoms with Gasteiger partial charge in [0.2, 0.25) is 0 Å². The van der Waals surface area contributed by atoms with Crippen LogP contribution in [0.1, 0.15) is 251 Å². The van der Waals surface area contributed by atoms with Crippen molar-refractivity contribution in [2.24, 2.45) is 0 Å². The molecule has 0 aliphatic heterocycles. The second-order valence-electron chi connectivity index (χ2n) is 18.6. The number of carbonyl (C=O) groups excluding carboxylic acids is 2. The van der Waals surface area contributed by atoms with Crippen LogP contribution in [0.2, 0.25) is 0 Å². The maximum absolute atomic E-state index is 12.7. The number of unbranched alkanes of at least 4 members (excludes halogenated alkanes) is 33. The monoisotopic (exact) mass is 860 g/mol. The molecule has 1 unspecified atom stereocenters. The summed E-state index contributed by atoms with van der Waals surface area (Å²) in [6, 6.07) is 0. The van der Waals surface area contributed by atoms with E-state index in [1.165, 1.54) is 186 Å². The lowest BCUT2D eigenvalue weighted by Gasteiger charge is -2.28. The van der Waals surface area contributed by atoms with E-state index in [4.69, 9.17) is 18.5 Å². The van der Waals surface area contributed by atoms with E-state index in [0.717, 1.165) is 32.1 Å². The third kappa shape index (κ3) is 46.3. The molecule has 0 aromatic carbocycles. The van der Waals surface area contributed by atoms with E-state index < -0.39 is 26.5 Å². The van der Waals surface area contributed by atoms with Crippen molar-refractivity contribution in [3.8, 4) is 0 Å². The molecule has 0 aromatic rings. The highest BCUT2D eigenvalue weighted by Gasteiger charge is 2.21. The van der Waals surface area contributed by atoms with E-state index in [1.54, 1.807) is 0 Å². The lowest BCUT2D eigenvalue weighted by atomic mass is 10.0. The van der Waals surface area contributed by atoms with Crippen LogP contribution < -0.4 is 4.89 Å². The molecular weight excluding hydrogens is 762 g/mol. The van der Waals surface area contributed by atoms with Gasteiger partial charge < -0.3 is 27.9 Å². The topological polar surface area (TPSA) is 111 Å². The number of hydrogen-bond donors (Lipinski definition) is 0. The first-order valence-corrected chi connectivity index (χ1v) is 26.7. The number of carbonyl (C=O) groups is 2. The van der Waals surface area contributed by atoms with Crippen LogP contribution in [0.5, 0.6) is 0 Å². The van der Waals surface area contributed by atoms with Gasteiger partial charge in [-0.2, -0.15) is 0 Å². The zero-order valence-corrected chi connectivity index (χ0v) is 40.6. The smallest absolute Gasteiger partial charge is 0.306 e. The molecule has 59 heavy (non-hydrogen) atoms. The average Bonchev–Trinajstić information content (AvgIpc) is 3.19. The Labute approximate surface area is 365 Å². The van der Waals surface area contributed by atoms with Crippen molar-refractivity contribution in [3.63, 3.8) is 0 Å². The maximum Gasteiger partial charge on any atom is 0.306 e. The number of hydrogen-bond acceptors (Lipinski definition) is 8. The largest absolute Gasteiger partial charge is 0.756 e. The van der Waals surface area contributed by atoms with E-state index in [-0.39, 0.29) is 32.0 Å². The molecule has 0 saturated heterocycles. The molecule has 352 valence electrons. The fourth-order valence-electron chi connectivity index (χ4n) is 7.42. The zero-order valence-electron chi connectivity index (χ0n) is 39.7. The molecule has 0 bridgehead atoms. The molecule has 0 fully saturated rings. The van der Waals surface area contributed by atoms with Gasteiger partial charge in [0.25, 0.3) is 7.82 Å². The van der Waals surface area contributed by atoms with Gasteiger partial charge in [-0.25, -0.2) is 0 Å². The first kappa shape index (κ1) is 58.0. The Morgan fingerprint density at radius 1 is 0.458 bits per heavy atom. The molecule has 0 aliphatic carbocycles. The molecule has 9 nitrogen and oxygen atoms in total. The predicted octanol–water partition coefficient (Wildman–Crippen LogP) is 14.1. The van der Waals surface area contributed by atoms with Crippen LogP contribution in [-0.4, -0.2) is 70.0 Å². The van der Waals surface area contributed by atoms with Crippen molar-refractivity contribution < 1.29 is 42.1 Å². The van der Waals surface area contributed by atoms with Crippen molar-refractivity contribution in [2.75, 3.05) is 47.5 Å². The molecule has 0 aromatic heterocycles. The Morgan fingerprint density at radius 3 is 1.08 bits per heavy atom. The summed E-state index contributed by atoms with van der Waals surface area (Å²) in [4.78, 5) is 37.6. The van der Waals surface area contributed by atoms with Gasteiger partial charge in [-0.05, 0) is 12.8 Å². The van der Waals surface area contributed by atoms with Gasteiger partial charge in [-0.15, -0.1) is 0 Å². The number of likely N-dealkylation sites (N-methyl/N-ethyl adjacent to an activating group) is 1. The SMILES string of the molecule is CCCCCCCCCCCCCCCCCCCCCCCCCC(=O)O[C@H](COC(=O)CCCCCCCCCCCCCC)COP(=O)([O-])OCC[N+](C)(C)C. The van der Waals surface area contributed by atoms with Crippen LogP contribution in [0.25, 0.3) is 0 Å². The van der Waals surface area contributed by atoms with Gasteiger partial charge in [0.15, 0.2) is 6.10 Å². The summed E-state index contributed by atoms with van der Waals surface area (Å²) in [7, 11) is 1.18. The Bertz CT molecular complexity index is 974. The summed E-state index contributed by atoms with van der Waals surface area (Å²) in [6.07, 6.45) is 44.2. The molecule has 10 heteroatoms. The minimum Gasteiger partial charge on any atom is -0.756 e. The molecule has 0 amide bonds. The zero-order chi connectivity index (χ0) is 43.6. The summed E-state index contributed by atoms with van der Waals surface area (Å²) in [5.41, 5.74) is 0. The minimum atomic E-state index is -4.62. The minimum absolute atomic E-state index is 0.0255. The molecule has 0 radical (unpaired) electrons. The van der Waals surface area contributed by atoms with Gasteiger partial charge in [0.1, 0.15) is 19.8 Å². The first-order valence-electron chi connectivity index (χ1n) is 25.2. The summed E-state index contributed by atoms with van der Waals surface area (Å²) in [6.45, 7) is 4.28. The van der Waals surface area contributed by atoms with Gasteiger partial charge in [-0.1, -0.05) is 226 Å². The van der Waals surface area contributed by atoms with Crippen LogP contribution in [-0.2, 0) is 32.7 Å². The van der Waals surface area contributed by atoms with Crippen molar-refractivity contribution in [1.82, 2.24) is 0 Å². The summed E-state index contributed by atoms with van der Waals surface area (Å²) < 4.78 is 34.0. The molecule has 0 saturated carbocycles. The van der Waals surface area contributed by atoms with Crippen molar-refractivity contribution in [2.45, 2.75) is 258 Å². The average molecular weight is 860 g/mol. The van der Waals surface area contributed by atoms with Crippen LogP contribution in [0, 0.1) is 0 Å². The van der Waals surface area contributed by atoms with E-state index in [1.807, 2.05) is 21.1 Å². The molecule has 0 heterocycles. The molecular formula is C49H98NO8P. The highest BCUT2D eigenvalue weighted by Crippen LogP contribution is 2.38. The molecule has 0 N–H and O–H groups in total. The number of rotatable bonds is 47. The lowest BCUT2D eigenvalue weighted by Crippen LogP contribution is -2.37. The molecule has 0 spiro atoms. The number of nitrogens with zero attached hydrogens (tertiary/aromatic N) is 1. The van der Waals surface area contributed by atoms with Gasteiger partial charge in [0, 0.05) is 12.8 Å². The Morgan fingerprint density at radius 2 is 0.763 bits per heavy atom. The van der Waals surface area contributed by atoms with Gasteiger partial charge >= 0.3 is 11.9 Å². The Hall–Kier alpha value is -0.990. The fourth-order valence-corrected chi connectivity index (χ4v) is 8.15. The highest BCUT2D eigenvalue weighted by molar-refractivity contribution is 7.45. The fraction of sp³-hybridized carbons (Fsp3) is 0.959. The van der Waals surface area contributed by atoms with E-state index in [2.05, 4.69) is 13.8 Å². The molecule has 0 rings (SSSR count). The number of phosphoric ester groups is 1. The number of phosphoric acid groups is 1. The maximum atomic E-state index is 12.7. The lowest BCUT2D eigenvalue weighted by molar-refractivity contribution is -0.870. The summed E-state index contributed by atoms with van der Waals surface area (Å²) in [5.74, 6) is -0.816. The normalized spacial score (nSPS) is 13.4. The number of ether oxygens (including phenoxy) is 2. The first-order chi connectivity index (χ1) is 28.5. The van der Waals surface area contributed by atoms with Crippen LogP contribution in [0.3, 0.4) is 0 Å². The van der Waals surface area contributed by atoms with Crippen molar-refractivity contribution in [1.29, 1.82) is 0 Å². The number of quaternary nitrogens is 1. The van der Waals surface area contributed by atoms with Crippen LogP contribution in [0.4, 0.5) is 0 Å². The second-order valence-corrected chi connectivity index (χ2v) is 20.0. The second kappa shape index (κ2) is 42.3. The predicted molar refractivity (Wildman–Crippen MR) is 245 cm³/mol. The van der Waals surface area contributed by atoms with Gasteiger partial charge in [0.05, 0.1) is 27.7 Å². The third-order valence-electron chi connectivity index (χ3n) is 11.4. The van der Waals surface area contributed by atoms with Crippen LogP contribution in [0.15, 0.2) is 0 Å². The Balaban J connectivity index is 4.14. The third-order valence-corrected chi connectivity index (χ3v) is 12.3. The quantitative estimate of drug-likeness (QED) is 0.0257. The summed E-state index contributed by atoms with van der Waals surface area (Å²) in [5, 5.41) is 0. The van der Waals surface area contributed by atoms with Crippen molar-refractivity contribution in [3.05, 3.63) is 0 Å². The van der Waals surface area contributed by atoms with E-state index in [0.29, 0.717) is 17.4 Å². The van der Waals surface area contributed by atoms with Crippen molar-refractivity contribution >= 4 is 19.8 Å². The van der Waals surface area contributed by atoms with E-state index in [9.17, 15) is 19.0 Å². The number of esters is 2. The highest BCUT2D eigenvalue weighted by atomic mass is 31.2. The van der Waals surface area contributed by atoms with E-state index >= 15 is 0 Å². The molecule has 0 aliphatic rings. The van der Waals surface area contributed by atoms with Gasteiger partial charge in [-0.3, -0.25) is 14.2 Å². The summed E-state index contributed by atoms with van der Waals surface area (Å²) >= 11 is 0. The van der Waals surface area contributed by atoms with Crippen LogP contribution >= 0.6 is 7.82 Å². The molecule has 2 atom stereocenters. The standard InChI is InChI=1S/C49H98NO8P/c1-6-8-10-12-14-16-18-20-21-22-23-24-25-26-27-28-29-30-32-34-36-38-40-42-49(52)58-47(46-57-59(53,54)56-44-43-50(3,4)5)45-55-48(51)41-39-37-35-33-31-19-17-15-13-11-9-7-2/h47H,6-46H2,1-5H3/t47-/m1/s1. The Kier molecular flexibility index (Phi) is 41.6.